The van der Waals surface area contributed by atoms with E-state index in [2.05, 4.69) is 10.1 Å². The molecular formula is C11H14F3NO3. The highest BCUT2D eigenvalue weighted by Gasteiger charge is 2.28. The van der Waals surface area contributed by atoms with Gasteiger partial charge < -0.3 is 20.3 Å². The van der Waals surface area contributed by atoms with E-state index in [1.165, 1.54) is 12.1 Å². The summed E-state index contributed by atoms with van der Waals surface area (Å²) < 4.78 is 40.7. The van der Waals surface area contributed by atoms with E-state index >= 15 is 0 Å². The highest BCUT2D eigenvalue weighted by atomic mass is 19.4. The van der Waals surface area contributed by atoms with Gasteiger partial charge in [-0.05, 0) is 12.1 Å². The van der Waals surface area contributed by atoms with Gasteiger partial charge in [-0.1, -0.05) is 12.1 Å². The summed E-state index contributed by atoms with van der Waals surface area (Å²) in [5.74, 6) is 0.0416. The van der Waals surface area contributed by atoms with Crippen molar-refractivity contribution in [2.75, 3.05) is 25.1 Å². The summed E-state index contributed by atoms with van der Waals surface area (Å²) in [7, 11) is 0. The molecule has 1 aromatic carbocycles. The third-order valence-corrected chi connectivity index (χ3v) is 2.02. The van der Waals surface area contributed by atoms with Crippen molar-refractivity contribution in [1.29, 1.82) is 0 Å². The fourth-order valence-electron chi connectivity index (χ4n) is 1.19. The Morgan fingerprint density at radius 2 is 1.94 bits per heavy atom. The molecular weight excluding hydrogens is 251 g/mol. The SMILES string of the molecule is OCC(O)CNc1ccccc1OCC(F)(F)F. The fourth-order valence-corrected chi connectivity index (χ4v) is 1.19. The van der Waals surface area contributed by atoms with Gasteiger partial charge in [0.15, 0.2) is 6.61 Å². The topological polar surface area (TPSA) is 61.7 Å². The molecule has 1 rings (SSSR count). The lowest BCUT2D eigenvalue weighted by molar-refractivity contribution is -0.153. The van der Waals surface area contributed by atoms with Crippen molar-refractivity contribution in [2.45, 2.75) is 12.3 Å². The van der Waals surface area contributed by atoms with Gasteiger partial charge in [0, 0.05) is 6.54 Å². The number of hydrogen-bond acceptors (Lipinski definition) is 4. The lowest BCUT2D eigenvalue weighted by Crippen LogP contribution is -2.24. The smallest absolute Gasteiger partial charge is 0.422 e. The number of alkyl halides is 3. The van der Waals surface area contributed by atoms with Gasteiger partial charge in [0.2, 0.25) is 0 Å². The number of benzene rings is 1. The molecule has 0 saturated heterocycles. The van der Waals surface area contributed by atoms with Crippen LogP contribution in [0.1, 0.15) is 0 Å². The third kappa shape index (κ3) is 5.24. The average Bonchev–Trinajstić information content (AvgIpc) is 2.33. The molecule has 1 atom stereocenters. The molecule has 4 nitrogen and oxygen atoms in total. The molecule has 0 aliphatic carbocycles. The second-order valence-electron chi connectivity index (χ2n) is 3.62. The molecule has 102 valence electrons. The van der Waals surface area contributed by atoms with Gasteiger partial charge in [0.1, 0.15) is 5.75 Å². The standard InChI is InChI=1S/C11H14F3NO3/c12-11(13,14)7-18-10-4-2-1-3-9(10)15-5-8(17)6-16/h1-4,8,15-17H,5-7H2. The van der Waals surface area contributed by atoms with Crippen LogP contribution in [-0.4, -0.2) is 42.3 Å². The van der Waals surface area contributed by atoms with Crippen molar-refractivity contribution < 1.29 is 28.1 Å². The molecule has 18 heavy (non-hydrogen) atoms. The zero-order chi connectivity index (χ0) is 13.6. The fraction of sp³-hybridized carbons (Fsp3) is 0.455. The number of nitrogens with one attached hydrogen (secondary N) is 1. The Balaban J connectivity index is 2.62. The van der Waals surface area contributed by atoms with Crippen LogP contribution in [0.25, 0.3) is 0 Å². The van der Waals surface area contributed by atoms with E-state index in [-0.39, 0.29) is 12.3 Å². The molecule has 1 unspecified atom stereocenters. The number of aliphatic hydroxyl groups is 2. The van der Waals surface area contributed by atoms with Crippen LogP contribution in [0.5, 0.6) is 5.75 Å². The van der Waals surface area contributed by atoms with E-state index in [9.17, 15) is 13.2 Å². The molecule has 1 aromatic rings. The molecule has 0 bridgehead atoms. The van der Waals surface area contributed by atoms with Crippen LogP contribution in [0.15, 0.2) is 24.3 Å². The summed E-state index contributed by atoms with van der Waals surface area (Å²) in [6, 6.07) is 6.07. The zero-order valence-electron chi connectivity index (χ0n) is 9.44. The van der Waals surface area contributed by atoms with Crippen LogP contribution < -0.4 is 10.1 Å². The Hall–Kier alpha value is -1.47. The number of anilines is 1. The molecule has 7 heteroatoms. The molecule has 3 N–H and O–H groups in total. The van der Waals surface area contributed by atoms with Crippen LogP contribution in [-0.2, 0) is 0 Å². The van der Waals surface area contributed by atoms with Crippen LogP contribution in [0.4, 0.5) is 18.9 Å². The Morgan fingerprint density at radius 1 is 1.28 bits per heavy atom. The molecule has 0 heterocycles. The maximum atomic E-state index is 12.0. The minimum absolute atomic E-state index is 0.0168. The maximum Gasteiger partial charge on any atom is 0.422 e. The van der Waals surface area contributed by atoms with E-state index in [1.54, 1.807) is 12.1 Å². The van der Waals surface area contributed by atoms with Gasteiger partial charge in [-0.15, -0.1) is 0 Å². The Kier molecular flexibility index (Phi) is 5.24. The first-order valence-electron chi connectivity index (χ1n) is 5.24. The molecule has 0 aromatic heterocycles. The lowest BCUT2D eigenvalue weighted by Gasteiger charge is -2.15. The van der Waals surface area contributed by atoms with Gasteiger partial charge in [0.25, 0.3) is 0 Å². The van der Waals surface area contributed by atoms with Gasteiger partial charge in [0.05, 0.1) is 18.4 Å². The number of ether oxygens (including phenoxy) is 1. The average molecular weight is 265 g/mol. The number of para-hydroxylation sites is 2. The highest BCUT2D eigenvalue weighted by Crippen LogP contribution is 2.26. The van der Waals surface area contributed by atoms with Crippen molar-refractivity contribution in [2.24, 2.45) is 0 Å². The number of aliphatic hydroxyl groups excluding tert-OH is 2. The maximum absolute atomic E-state index is 12.0. The van der Waals surface area contributed by atoms with Crippen molar-refractivity contribution >= 4 is 5.69 Å². The first-order valence-corrected chi connectivity index (χ1v) is 5.24. The molecule has 0 aliphatic heterocycles. The quantitative estimate of drug-likeness (QED) is 0.727. The van der Waals surface area contributed by atoms with E-state index in [4.69, 9.17) is 10.2 Å². The first-order chi connectivity index (χ1) is 8.42. The van der Waals surface area contributed by atoms with E-state index in [0.29, 0.717) is 5.69 Å². The first kappa shape index (κ1) is 14.6. The number of hydrogen-bond donors (Lipinski definition) is 3. The Labute approximate surface area is 102 Å². The molecule has 0 aliphatic rings. The van der Waals surface area contributed by atoms with Gasteiger partial charge in [-0.25, -0.2) is 0 Å². The van der Waals surface area contributed by atoms with Crippen LogP contribution in [0.3, 0.4) is 0 Å². The molecule has 0 spiro atoms. The van der Waals surface area contributed by atoms with Gasteiger partial charge in [-0.2, -0.15) is 13.2 Å². The molecule has 0 amide bonds. The molecule has 0 radical (unpaired) electrons. The predicted octanol–water partition coefficient (Wildman–Crippen LogP) is 1.39. The summed E-state index contributed by atoms with van der Waals surface area (Å²) in [5.41, 5.74) is 0.328. The number of halogens is 3. The van der Waals surface area contributed by atoms with Crippen LogP contribution >= 0.6 is 0 Å². The van der Waals surface area contributed by atoms with E-state index < -0.39 is 25.5 Å². The summed E-state index contributed by atoms with van der Waals surface area (Å²) in [6.07, 6.45) is -5.39. The molecule has 0 saturated carbocycles. The van der Waals surface area contributed by atoms with Crippen molar-refractivity contribution in [3.05, 3.63) is 24.3 Å². The van der Waals surface area contributed by atoms with Crippen molar-refractivity contribution in [1.82, 2.24) is 0 Å². The minimum atomic E-state index is -4.41. The summed E-state index contributed by atoms with van der Waals surface area (Å²) in [5, 5.41) is 20.5. The summed E-state index contributed by atoms with van der Waals surface area (Å²) >= 11 is 0. The Morgan fingerprint density at radius 3 is 2.56 bits per heavy atom. The largest absolute Gasteiger partial charge is 0.482 e. The Bertz CT molecular complexity index is 371. The number of rotatable bonds is 6. The summed E-state index contributed by atoms with van der Waals surface area (Å²) in [4.78, 5) is 0. The molecule has 0 fully saturated rings. The lowest BCUT2D eigenvalue weighted by atomic mass is 10.2. The van der Waals surface area contributed by atoms with Crippen LogP contribution in [0.2, 0.25) is 0 Å². The normalized spacial score (nSPS) is 13.2. The van der Waals surface area contributed by atoms with E-state index in [0.717, 1.165) is 0 Å². The van der Waals surface area contributed by atoms with Gasteiger partial charge >= 0.3 is 6.18 Å². The van der Waals surface area contributed by atoms with E-state index in [1.807, 2.05) is 0 Å². The second kappa shape index (κ2) is 6.46. The minimum Gasteiger partial charge on any atom is -0.482 e. The summed E-state index contributed by atoms with van der Waals surface area (Å²) in [6.45, 7) is -1.80. The zero-order valence-corrected chi connectivity index (χ0v) is 9.44. The highest BCUT2D eigenvalue weighted by molar-refractivity contribution is 5.56. The van der Waals surface area contributed by atoms with Crippen molar-refractivity contribution in [3.63, 3.8) is 0 Å². The monoisotopic (exact) mass is 265 g/mol. The third-order valence-electron chi connectivity index (χ3n) is 2.02. The van der Waals surface area contributed by atoms with Crippen molar-refractivity contribution in [3.8, 4) is 5.75 Å². The van der Waals surface area contributed by atoms with Gasteiger partial charge in [-0.3, -0.25) is 0 Å². The van der Waals surface area contributed by atoms with Crippen LogP contribution in [0, 0.1) is 0 Å². The predicted molar refractivity (Wildman–Crippen MR) is 59.6 cm³/mol. The second-order valence-corrected chi connectivity index (χ2v) is 3.62.